The van der Waals surface area contributed by atoms with Gasteiger partial charge in [0.2, 0.25) is 0 Å². The number of rotatable bonds is 2. The summed E-state index contributed by atoms with van der Waals surface area (Å²) in [5.41, 5.74) is 0.890. The highest BCUT2D eigenvalue weighted by molar-refractivity contribution is 6.05. The lowest BCUT2D eigenvalue weighted by molar-refractivity contribution is -0.0230. The second kappa shape index (κ2) is 6.80. The zero-order valence-corrected chi connectivity index (χ0v) is 13.9. The van der Waals surface area contributed by atoms with Gasteiger partial charge in [0.05, 0.1) is 13.2 Å². The van der Waals surface area contributed by atoms with Crippen LogP contribution in [0.25, 0.3) is 10.8 Å². The van der Waals surface area contributed by atoms with Gasteiger partial charge in [-0.2, -0.15) is 0 Å². The lowest BCUT2D eigenvalue weighted by atomic mass is 10.1. The molecule has 1 aliphatic rings. The molecule has 3 aromatic rings. The fraction of sp³-hybridized carbons (Fsp3) is 0.200. The van der Waals surface area contributed by atoms with Gasteiger partial charge in [-0.15, -0.1) is 0 Å². The quantitative estimate of drug-likeness (QED) is 0.704. The number of carbonyl (C=O) groups is 1. The number of fused-ring (bicyclic) bond motifs is 1. The van der Waals surface area contributed by atoms with Gasteiger partial charge in [-0.3, -0.25) is 9.78 Å². The Balaban J connectivity index is 1.61. The van der Waals surface area contributed by atoms with E-state index in [9.17, 15) is 13.6 Å². The van der Waals surface area contributed by atoms with E-state index in [1.54, 1.807) is 11.1 Å². The summed E-state index contributed by atoms with van der Waals surface area (Å²) < 4.78 is 32.3. The number of ether oxygens (including phenoxy) is 1. The zero-order valence-electron chi connectivity index (χ0n) is 13.9. The number of pyridine rings is 1. The summed E-state index contributed by atoms with van der Waals surface area (Å²) in [6.07, 6.45) is 1.11. The van der Waals surface area contributed by atoms with Crippen molar-refractivity contribution in [2.75, 3.05) is 19.7 Å². The number of amides is 1. The van der Waals surface area contributed by atoms with Crippen molar-refractivity contribution in [1.82, 2.24) is 9.88 Å². The lowest BCUT2D eigenvalue weighted by Gasteiger charge is -2.33. The van der Waals surface area contributed by atoms with Crippen LogP contribution < -0.4 is 0 Å². The molecule has 2 aromatic carbocycles. The van der Waals surface area contributed by atoms with Crippen LogP contribution in [0.3, 0.4) is 0 Å². The average molecular weight is 354 g/mol. The number of hydrogen-bond donors (Lipinski definition) is 0. The summed E-state index contributed by atoms with van der Waals surface area (Å²) in [7, 11) is 0. The molecule has 0 spiro atoms. The molecule has 1 amide bonds. The lowest BCUT2D eigenvalue weighted by Crippen LogP contribution is -2.42. The highest BCUT2D eigenvalue weighted by atomic mass is 19.2. The highest BCUT2D eigenvalue weighted by Crippen LogP contribution is 2.26. The van der Waals surface area contributed by atoms with Crippen LogP contribution in [0, 0.1) is 11.6 Å². The SMILES string of the molecule is O=C(c1nccc2ccccc12)N1CCOC(c2ccc(F)c(F)c2)C1. The molecule has 1 fully saturated rings. The Morgan fingerprint density at radius 1 is 1.12 bits per heavy atom. The maximum absolute atomic E-state index is 13.5. The molecule has 132 valence electrons. The topological polar surface area (TPSA) is 42.4 Å². The van der Waals surface area contributed by atoms with E-state index in [0.29, 0.717) is 24.4 Å². The van der Waals surface area contributed by atoms with Crippen LogP contribution in [0.2, 0.25) is 0 Å². The molecule has 1 aliphatic heterocycles. The Bertz CT molecular complexity index is 972. The van der Waals surface area contributed by atoms with Crippen molar-refractivity contribution in [2.24, 2.45) is 0 Å². The second-order valence-electron chi connectivity index (χ2n) is 6.16. The molecule has 26 heavy (non-hydrogen) atoms. The smallest absolute Gasteiger partial charge is 0.273 e. The first-order valence-electron chi connectivity index (χ1n) is 8.33. The van der Waals surface area contributed by atoms with Crippen LogP contribution in [0.15, 0.2) is 54.7 Å². The molecule has 0 radical (unpaired) electrons. The molecule has 0 saturated carbocycles. The predicted molar refractivity (Wildman–Crippen MR) is 92.7 cm³/mol. The number of hydrogen-bond acceptors (Lipinski definition) is 3. The van der Waals surface area contributed by atoms with Gasteiger partial charge >= 0.3 is 0 Å². The van der Waals surface area contributed by atoms with Gasteiger partial charge in [-0.05, 0) is 29.1 Å². The number of aromatic nitrogens is 1. The Kier molecular flexibility index (Phi) is 4.34. The molecule has 1 unspecified atom stereocenters. The number of carbonyl (C=O) groups excluding carboxylic acids is 1. The molecule has 0 aliphatic carbocycles. The van der Waals surface area contributed by atoms with E-state index >= 15 is 0 Å². The van der Waals surface area contributed by atoms with Crippen LogP contribution in [0.1, 0.15) is 22.2 Å². The number of morpholine rings is 1. The molecule has 1 aromatic heterocycles. The minimum atomic E-state index is -0.926. The minimum absolute atomic E-state index is 0.197. The summed E-state index contributed by atoms with van der Waals surface area (Å²) in [5, 5.41) is 1.73. The third-order valence-electron chi connectivity index (χ3n) is 4.55. The third-order valence-corrected chi connectivity index (χ3v) is 4.55. The molecule has 1 saturated heterocycles. The highest BCUT2D eigenvalue weighted by Gasteiger charge is 2.28. The monoisotopic (exact) mass is 354 g/mol. The van der Waals surface area contributed by atoms with E-state index < -0.39 is 17.7 Å². The summed E-state index contributed by atoms with van der Waals surface area (Å²) in [6.45, 7) is 0.999. The summed E-state index contributed by atoms with van der Waals surface area (Å²) in [6, 6.07) is 13.1. The van der Waals surface area contributed by atoms with Crippen molar-refractivity contribution in [3.8, 4) is 0 Å². The van der Waals surface area contributed by atoms with Crippen LogP contribution >= 0.6 is 0 Å². The molecule has 1 atom stereocenters. The fourth-order valence-corrected chi connectivity index (χ4v) is 3.19. The van der Waals surface area contributed by atoms with E-state index in [4.69, 9.17) is 4.74 Å². The minimum Gasteiger partial charge on any atom is -0.370 e. The van der Waals surface area contributed by atoms with Gasteiger partial charge in [0.25, 0.3) is 5.91 Å². The van der Waals surface area contributed by atoms with Crippen LogP contribution in [0.4, 0.5) is 8.78 Å². The van der Waals surface area contributed by atoms with Crippen LogP contribution in [-0.2, 0) is 4.74 Å². The van der Waals surface area contributed by atoms with Crippen molar-refractivity contribution < 1.29 is 18.3 Å². The normalized spacial score (nSPS) is 17.5. The van der Waals surface area contributed by atoms with Gasteiger partial charge in [0.1, 0.15) is 11.8 Å². The fourth-order valence-electron chi connectivity index (χ4n) is 3.19. The molecule has 0 bridgehead atoms. The Morgan fingerprint density at radius 3 is 2.81 bits per heavy atom. The molecule has 6 heteroatoms. The third kappa shape index (κ3) is 3.04. The van der Waals surface area contributed by atoms with Crippen LogP contribution in [-0.4, -0.2) is 35.5 Å². The van der Waals surface area contributed by atoms with E-state index in [-0.39, 0.29) is 12.5 Å². The molecule has 2 heterocycles. The number of benzene rings is 2. The summed E-state index contributed by atoms with van der Waals surface area (Å²) in [5.74, 6) is -2.03. The first-order chi connectivity index (χ1) is 12.6. The van der Waals surface area contributed by atoms with Crippen molar-refractivity contribution in [3.63, 3.8) is 0 Å². The maximum Gasteiger partial charge on any atom is 0.273 e. The van der Waals surface area contributed by atoms with E-state index in [2.05, 4.69) is 4.98 Å². The van der Waals surface area contributed by atoms with Crippen molar-refractivity contribution in [1.29, 1.82) is 0 Å². The van der Waals surface area contributed by atoms with Gasteiger partial charge < -0.3 is 9.64 Å². The number of halogens is 2. The molecular weight excluding hydrogens is 338 g/mol. The van der Waals surface area contributed by atoms with E-state index in [1.165, 1.54) is 6.07 Å². The second-order valence-corrected chi connectivity index (χ2v) is 6.16. The summed E-state index contributed by atoms with van der Waals surface area (Å²) in [4.78, 5) is 18.9. The van der Waals surface area contributed by atoms with Gasteiger partial charge in [0.15, 0.2) is 11.6 Å². The van der Waals surface area contributed by atoms with Gasteiger partial charge in [-0.1, -0.05) is 30.3 Å². The Morgan fingerprint density at radius 2 is 1.96 bits per heavy atom. The Labute approximate surface area is 149 Å². The molecule has 4 rings (SSSR count). The number of nitrogens with zero attached hydrogens (tertiary/aromatic N) is 2. The summed E-state index contributed by atoms with van der Waals surface area (Å²) >= 11 is 0. The Hall–Kier alpha value is -2.86. The first kappa shape index (κ1) is 16.6. The van der Waals surface area contributed by atoms with Gasteiger partial charge in [-0.25, -0.2) is 8.78 Å². The molecule has 4 nitrogen and oxygen atoms in total. The van der Waals surface area contributed by atoms with E-state index in [0.717, 1.165) is 22.9 Å². The molecular formula is C20H16F2N2O2. The van der Waals surface area contributed by atoms with Gasteiger partial charge in [0, 0.05) is 18.1 Å². The van der Waals surface area contributed by atoms with E-state index in [1.807, 2.05) is 30.3 Å². The van der Waals surface area contributed by atoms with Crippen molar-refractivity contribution >= 4 is 16.7 Å². The largest absolute Gasteiger partial charge is 0.370 e. The maximum atomic E-state index is 13.5. The predicted octanol–water partition coefficient (Wildman–Crippen LogP) is 3.73. The molecule has 0 N–H and O–H groups in total. The van der Waals surface area contributed by atoms with Crippen molar-refractivity contribution in [2.45, 2.75) is 6.10 Å². The average Bonchev–Trinajstić information content (AvgIpc) is 2.69. The van der Waals surface area contributed by atoms with Crippen molar-refractivity contribution in [3.05, 3.63) is 77.6 Å². The standard InChI is InChI=1S/C20H16F2N2O2/c21-16-6-5-14(11-17(16)22)18-12-24(9-10-26-18)20(25)19-15-4-2-1-3-13(15)7-8-23-19/h1-8,11,18H,9-10,12H2. The van der Waals surface area contributed by atoms with Crippen LogP contribution in [0.5, 0.6) is 0 Å². The zero-order chi connectivity index (χ0) is 18.1. The first-order valence-corrected chi connectivity index (χ1v) is 8.33.